The van der Waals surface area contributed by atoms with Gasteiger partial charge in [0.1, 0.15) is 5.75 Å². The van der Waals surface area contributed by atoms with Gasteiger partial charge in [-0.15, -0.1) is 0 Å². The highest BCUT2D eigenvalue weighted by atomic mass is 16.5. The molecule has 0 atom stereocenters. The van der Waals surface area contributed by atoms with Gasteiger partial charge in [-0.25, -0.2) is 9.59 Å². The van der Waals surface area contributed by atoms with Crippen LogP contribution in [-0.4, -0.2) is 66.4 Å². The summed E-state index contributed by atoms with van der Waals surface area (Å²) in [7, 11) is 0. The van der Waals surface area contributed by atoms with Gasteiger partial charge in [-0.2, -0.15) is 0 Å². The average Bonchev–Trinajstić information content (AvgIpc) is 2.59. The number of hydrogen-bond acceptors (Lipinski definition) is 5. The number of nitrogens with zero attached hydrogens (tertiary/aromatic N) is 1. The van der Waals surface area contributed by atoms with Crippen LogP contribution in [0.15, 0.2) is 18.2 Å². The maximum absolute atomic E-state index is 9.10. The highest BCUT2D eigenvalue weighted by molar-refractivity contribution is 6.27. The summed E-state index contributed by atoms with van der Waals surface area (Å²) < 4.78 is 5.93. The predicted molar refractivity (Wildman–Crippen MR) is 100.0 cm³/mol. The van der Waals surface area contributed by atoms with Crippen LogP contribution in [0.3, 0.4) is 0 Å². The first-order valence-corrected chi connectivity index (χ1v) is 8.93. The third-order valence-electron chi connectivity index (χ3n) is 4.02. The van der Waals surface area contributed by atoms with Gasteiger partial charge in [-0.3, -0.25) is 0 Å². The van der Waals surface area contributed by atoms with Crippen molar-refractivity contribution in [1.82, 2.24) is 10.2 Å². The first kappa shape index (κ1) is 21.9. The molecule has 0 radical (unpaired) electrons. The lowest BCUT2D eigenvalue weighted by molar-refractivity contribution is -0.159. The van der Waals surface area contributed by atoms with E-state index in [0.29, 0.717) is 5.92 Å². The molecule has 1 heterocycles. The van der Waals surface area contributed by atoms with Gasteiger partial charge in [0.15, 0.2) is 0 Å². The van der Waals surface area contributed by atoms with Crippen LogP contribution >= 0.6 is 0 Å². The summed E-state index contributed by atoms with van der Waals surface area (Å²) in [6, 6.07) is 6.57. The zero-order valence-electron chi connectivity index (χ0n) is 15.8. The van der Waals surface area contributed by atoms with Gasteiger partial charge in [0, 0.05) is 32.7 Å². The summed E-state index contributed by atoms with van der Waals surface area (Å²) in [5.74, 6) is -2.07. The zero-order chi connectivity index (χ0) is 19.5. The number of hydrogen-bond donors (Lipinski definition) is 3. The Hall–Kier alpha value is -2.12. The van der Waals surface area contributed by atoms with E-state index in [1.54, 1.807) is 0 Å². The van der Waals surface area contributed by atoms with Gasteiger partial charge < -0.3 is 25.2 Å². The second-order valence-electron chi connectivity index (χ2n) is 6.64. The molecule has 1 aromatic carbocycles. The van der Waals surface area contributed by atoms with Crippen LogP contribution in [0.4, 0.5) is 0 Å². The van der Waals surface area contributed by atoms with Crippen molar-refractivity contribution in [2.24, 2.45) is 0 Å². The van der Waals surface area contributed by atoms with Gasteiger partial charge in [0.25, 0.3) is 0 Å². The zero-order valence-corrected chi connectivity index (χ0v) is 15.8. The number of nitrogens with one attached hydrogen (secondary N) is 1. The van der Waals surface area contributed by atoms with Crippen molar-refractivity contribution in [3.63, 3.8) is 0 Å². The minimum atomic E-state index is -1.82. The van der Waals surface area contributed by atoms with Crippen LogP contribution in [0.1, 0.15) is 37.3 Å². The number of aryl methyl sites for hydroxylation is 1. The Bertz CT molecular complexity index is 571. The summed E-state index contributed by atoms with van der Waals surface area (Å²) in [5.41, 5.74) is 2.65. The molecule has 0 amide bonds. The van der Waals surface area contributed by atoms with Gasteiger partial charge in [-0.1, -0.05) is 19.9 Å². The number of aliphatic carboxylic acids is 2. The lowest BCUT2D eigenvalue weighted by Gasteiger charge is -2.27. The standard InChI is InChI=1S/C17H28N2O.C2H2O4/c1-14(2)16-11-15(3)12-17(13-16)20-10-4-7-19-8-5-18-6-9-19;3-1(4)2(5)6/h11-14,18H,4-10H2,1-3H3;(H,3,4)(H,5,6). The Balaban J connectivity index is 0.000000487. The van der Waals surface area contributed by atoms with Crippen LogP contribution in [0, 0.1) is 6.92 Å². The molecule has 7 heteroatoms. The number of carboxylic acids is 2. The summed E-state index contributed by atoms with van der Waals surface area (Å²) in [5, 5.41) is 18.2. The van der Waals surface area contributed by atoms with E-state index in [9.17, 15) is 0 Å². The number of benzene rings is 1. The lowest BCUT2D eigenvalue weighted by atomic mass is 10.0. The third-order valence-corrected chi connectivity index (χ3v) is 4.02. The van der Waals surface area contributed by atoms with E-state index >= 15 is 0 Å². The molecular formula is C19H30N2O5. The second-order valence-corrected chi connectivity index (χ2v) is 6.64. The van der Waals surface area contributed by atoms with E-state index in [1.807, 2.05) is 0 Å². The van der Waals surface area contributed by atoms with Crippen LogP contribution in [0.25, 0.3) is 0 Å². The van der Waals surface area contributed by atoms with E-state index in [4.69, 9.17) is 24.5 Å². The van der Waals surface area contributed by atoms with Gasteiger partial charge in [0.2, 0.25) is 0 Å². The molecule has 0 aromatic heterocycles. The lowest BCUT2D eigenvalue weighted by Crippen LogP contribution is -2.43. The van der Waals surface area contributed by atoms with Crippen molar-refractivity contribution in [2.75, 3.05) is 39.3 Å². The Kier molecular flexibility index (Phi) is 9.69. The monoisotopic (exact) mass is 366 g/mol. The van der Waals surface area contributed by atoms with E-state index < -0.39 is 11.9 Å². The normalized spacial score (nSPS) is 14.5. The van der Waals surface area contributed by atoms with Crippen molar-refractivity contribution < 1.29 is 24.5 Å². The molecule has 3 N–H and O–H groups in total. The molecule has 0 saturated carbocycles. The highest BCUT2D eigenvalue weighted by Gasteiger charge is 2.09. The number of rotatable bonds is 6. The van der Waals surface area contributed by atoms with Crippen LogP contribution in [-0.2, 0) is 9.59 Å². The van der Waals surface area contributed by atoms with Gasteiger partial charge in [0.05, 0.1) is 6.61 Å². The highest BCUT2D eigenvalue weighted by Crippen LogP contribution is 2.22. The maximum Gasteiger partial charge on any atom is 0.414 e. The van der Waals surface area contributed by atoms with Crippen LogP contribution in [0.5, 0.6) is 5.75 Å². The molecule has 0 spiro atoms. The number of carbonyl (C=O) groups is 2. The molecule has 26 heavy (non-hydrogen) atoms. The Morgan fingerprint density at radius 3 is 2.31 bits per heavy atom. The van der Waals surface area contributed by atoms with Gasteiger partial charge >= 0.3 is 11.9 Å². The molecule has 1 aliphatic rings. The summed E-state index contributed by atoms with van der Waals surface area (Å²) in [6.45, 7) is 13.1. The maximum atomic E-state index is 9.10. The fourth-order valence-electron chi connectivity index (χ4n) is 2.61. The quantitative estimate of drug-likeness (QED) is 0.523. The van der Waals surface area contributed by atoms with Crippen molar-refractivity contribution in [3.05, 3.63) is 29.3 Å². The van der Waals surface area contributed by atoms with Crippen molar-refractivity contribution in [3.8, 4) is 5.75 Å². The van der Waals surface area contributed by atoms with Crippen molar-refractivity contribution >= 4 is 11.9 Å². The Labute approximate surface area is 155 Å². The molecule has 7 nitrogen and oxygen atoms in total. The fraction of sp³-hybridized carbons (Fsp3) is 0.579. The molecule has 0 aliphatic carbocycles. The van der Waals surface area contributed by atoms with Crippen LogP contribution in [0.2, 0.25) is 0 Å². The molecular weight excluding hydrogens is 336 g/mol. The summed E-state index contributed by atoms with van der Waals surface area (Å²) in [6.07, 6.45) is 1.10. The van der Waals surface area contributed by atoms with Crippen molar-refractivity contribution in [2.45, 2.75) is 33.1 Å². The smallest absolute Gasteiger partial charge is 0.414 e. The topological polar surface area (TPSA) is 99.1 Å². The fourth-order valence-corrected chi connectivity index (χ4v) is 2.61. The molecule has 2 rings (SSSR count). The SMILES string of the molecule is Cc1cc(OCCCN2CCNCC2)cc(C(C)C)c1.O=C(O)C(=O)O. The average molecular weight is 366 g/mol. The van der Waals surface area contributed by atoms with E-state index in [-0.39, 0.29) is 0 Å². The molecule has 146 valence electrons. The first-order chi connectivity index (χ1) is 12.3. The molecule has 0 bridgehead atoms. The molecule has 1 fully saturated rings. The third kappa shape index (κ3) is 8.82. The predicted octanol–water partition coefficient (Wildman–Crippen LogP) is 1.95. The van der Waals surface area contributed by atoms with E-state index in [2.05, 4.69) is 49.2 Å². The van der Waals surface area contributed by atoms with E-state index in [0.717, 1.165) is 38.4 Å². The number of ether oxygens (including phenoxy) is 1. The van der Waals surface area contributed by atoms with E-state index in [1.165, 1.54) is 24.2 Å². The molecule has 1 aromatic rings. The first-order valence-electron chi connectivity index (χ1n) is 8.93. The molecule has 1 saturated heterocycles. The number of carboxylic acid groups (broad SMARTS) is 2. The summed E-state index contributed by atoms with van der Waals surface area (Å²) >= 11 is 0. The largest absolute Gasteiger partial charge is 0.494 e. The Morgan fingerprint density at radius 1 is 1.15 bits per heavy atom. The number of piperazine rings is 1. The second kappa shape index (κ2) is 11.5. The molecule has 1 aliphatic heterocycles. The Morgan fingerprint density at radius 2 is 1.77 bits per heavy atom. The van der Waals surface area contributed by atoms with Crippen molar-refractivity contribution in [1.29, 1.82) is 0 Å². The minimum Gasteiger partial charge on any atom is -0.494 e. The summed E-state index contributed by atoms with van der Waals surface area (Å²) in [4.78, 5) is 20.7. The van der Waals surface area contributed by atoms with Gasteiger partial charge in [-0.05, 0) is 42.5 Å². The van der Waals surface area contributed by atoms with Crippen LogP contribution < -0.4 is 10.1 Å². The molecule has 0 unspecified atom stereocenters. The minimum absolute atomic E-state index is 0.554.